The van der Waals surface area contributed by atoms with E-state index >= 15 is 0 Å². The van der Waals surface area contributed by atoms with Crippen LogP contribution in [-0.2, 0) is 10.0 Å². The summed E-state index contributed by atoms with van der Waals surface area (Å²) >= 11 is 0. The molecule has 1 aliphatic rings. The standard InChI is InChI=1S/C15H20N6O3S/c1-11-3-2-6-21(8-11)25(23,24)12-4-5-14(17-7-12)20-9-13(18-10-20)15(22)19-16/h4-5,7,9-11H,2-3,6,8,16H2,1H3,(H,19,22)/t11-/m0/s1. The number of hydrogen-bond donors (Lipinski definition) is 2. The molecule has 134 valence electrons. The smallest absolute Gasteiger partial charge is 0.285 e. The van der Waals surface area contributed by atoms with Crippen molar-refractivity contribution in [1.29, 1.82) is 0 Å². The number of carbonyl (C=O) groups is 1. The van der Waals surface area contributed by atoms with Gasteiger partial charge in [0.05, 0.1) is 0 Å². The predicted octanol–water partition coefficient (Wildman–Crippen LogP) is 0.291. The molecule has 1 atom stereocenters. The number of nitrogens with one attached hydrogen (secondary N) is 1. The van der Waals surface area contributed by atoms with Crippen molar-refractivity contribution in [3.8, 4) is 5.82 Å². The number of nitrogens with zero attached hydrogens (tertiary/aromatic N) is 4. The molecule has 0 bridgehead atoms. The first-order chi connectivity index (χ1) is 11.9. The van der Waals surface area contributed by atoms with Gasteiger partial charge in [-0.2, -0.15) is 4.31 Å². The van der Waals surface area contributed by atoms with Gasteiger partial charge < -0.3 is 0 Å². The zero-order valence-corrected chi connectivity index (χ0v) is 14.6. The summed E-state index contributed by atoms with van der Waals surface area (Å²) in [7, 11) is -3.54. The summed E-state index contributed by atoms with van der Waals surface area (Å²) in [5, 5.41) is 0. The lowest BCUT2D eigenvalue weighted by molar-refractivity contribution is 0.0949. The van der Waals surface area contributed by atoms with Crippen LogP contribution in [0.15, 0.2) is 35.7 Å². The van der Waals surface area contributed by atoms with Crippen molar-refractivity contribution in [1.82, 2.24) is 24.3 Å². The third-order valence-electron chi connectivity index (χ3n) is 4.19. The Balaban J connectivity index is 1.82. The van der Waals surface area contributed by atoms with E-state index in [0.29, 0.717) is 24.8 Å². The zero-order chi connectivity index (χ0) is 18.0. The molecule has 0 radical (unpaired) electrons. The quantitative estimate of drug-likeness (QED) is 0.457. The van der Waals surface area contributed by atoms with Gasteiger partial charge in [-0.15, -0.1) is 0 Å². The molecule has 1 saturated heterocycles. The van der Waals surface area contributed by atoms with Gasteiger partial charge in [0.2, 0.25) is 10.0 Å². The van der Waals surface area contributed by atoms with E-state index in [1.54, 1.807) is 6.07 Å². The van der Waals surface area contributed by atoms with Crippen LogP contribution in [0.2, 0.25) is 0 Å². The first-order valence-electron chi connectivity index (χ1n) is 7.93. The number of aromatic nitrogens is 3. The zero-order valence-electron chi connectivity index (χ0n) is 13.8. The third-order valence-corrected chi connectivity index (χ3v) is 6.04. The Labute approximate surface area is 145 Å². The summed E-state index contributed by atoms with van der Waals surface area (Å²) in [4.78, 5) is 19.7. The minimum Gasteiger partial charge on any atom is -0.290 e. The number of carbonyl (C=O) groups excluding carboxylic acids is 1. The lowest BCUT2D eigenvalue weighted by Gasteiger charge is -2.29. The minimum absolute atomic E-state index is 0.142. The van der Waals surface area contributed by atoms with Crippen LogP contribution in [0.1, 0.15) is 30.3 Å². The fourth-order valence-corrected chi connectivity index (χ4v) is 4.38. The summed E-state index contributed by atoms with van der Waals surface area (Å²) in [5.41, 5.74) is 2.14. The van der Waals surface area contributed by atoms with Crippen LogP contribution >= 0.6 is 0 Å². The molecular formula is C15H20N6O3S. The number of imidazole rings is 1. The van der Waals surface area contributed by atoms with E-state index in [1.165, 1.54) is 33.7 Å². The molecule has 1 fully saturated rings. The molecule has 2 aromatic heterocycles. The number of nitrogen functional groups attached to an aromatic ring is 1. The number of pyridine rings is 1. The monoisotopic (exact) mass is 364 g/mol. The van der Waals surface area contributed by atoms with Gasteiger partial charge in [0.15, 0.2) is 0 Å². The van der Waals surface area contributed by atoms with E-state index in [2.05, 4.69) is 16.9 Å². The normalized spacial score (nSPS) is 18.9. The molecule has 0 aliphatic carbocycles. The third kappa shape index (κ3) is 3.55. The van der Waals surface area contributed by atoms with Crippen LogP contribution in [0.25, 0.3) is 5.82 Å². The predicted molar refractivity (Wildman–Crippen MR) is 90.2 cm³/mol. The maximum absolute atomic E-state index is 12.7. The Morgan fingerprint density at radius 2 is 2.16 bits per heavy atom. The van der Waals surface area contributed by atoms with Crippen LogP contribution in [-0.4, -0.2) is 46.3 Å². The van der Waals surface area contributed by atoms with Crippen molar-refractivity contribution < 1.29 is 13.2 Å². The summed E-state index contributed by atoms with van der Waals surface area (Å²) in [6.07, 6.45) is 6.11. The van der Waals surface area contributed by atoms with E-state index in [4.69, 9.17) is 5.84 Å². The molecule has 3 N–H and O–H groups in total. The van der Waals surface area contributed by atoms with Crippen molar-refractivity contribution in [2.24, 2.45) is 11.8 Å². The van der Waals surface area contributed by atoms with Crippen LogP contribution < -0.4 is 11.3 Å². The van der Waals surface area contributed by atoms with Crippen molar-refractivity contribution in [3.63, 3.8) is 0 Å². The van der Waals surface area contributed by atoms with Crippen LogP contribution in [0.3, 0.4) is 0 Å². The average molecular weight is 364 g/mol. The first-order valence-corrected chi connectivity index (χ1v) is 9.37. The molecule has 3 heterocycles. The van der Waals surface area contributed by atoms with Crippen LogP contribution in [0.5, 0.6) is 0 Å². The van der Waals surface area contributed by atoms with E-state index < -0.39 is 15.9 Å². The van der Waals surface area contributed by atoms with Gasteiger partial charge in [0, 0.05) is 25.5 Å². The Bertz CT molecular complexity index is 862. The number of rotatable bonds is 4. The summed E-state index contributed by atoms with van der Waals surface area (Å²) in [6, 6.07) is 3.09. The molecule has 2 aromatic rings. The largest absolute Gasteiger partial charge is 0.290 e. The SMILES string of the molecule is C[C@H]1CCCN(S(=O)(=O)c2ccc(-n3cnc(C(=O)NN)c3)nc2)C1. The van der Waals surface area contributed by atoms with Gasteiger partial charge in [0.25, 0.3) is 5.91 Å². The van der Waals surface area contributed by atoms with Gasteiger partial charge in [-0.25, -0.2) is 24.2 Å². The Morgan fingerprint density at radius 1 is 1.36 bits per heavy atom. The van der Waals surface area contributed by atoms with Crippen molar-refractivity contribution in [3.05, 3.63) is 36.5 Å². The van der Waals surface area contributed by atoms with Crippen LogP contribution in [0, 0.1) is 5.92 Å². The second kappa shape index (κ2) is 6.90. The van der Waals surface area contributed by atoms with E-state index in [1.807, 2.05) is 5.43 Å². The fraction of sp³-hybridized carbons (Fsp3) is 0.400. The maximum atomic E-state index is 12.7. The number of hydrogen-bond acceptors (Lipinski definition) is 6. The number of hydrazine groups is 1. The van der Waals surface area contributed by atoms with Gasteiger partial charge in [-0.05, 0) is 30.9 Å². The highest BCUT2D eigenvalue weighted by atomic mass is 32.2. The summed E-state index contributed by atoms with van der Waals surface area (Å²) < 4.78 is 28.5. The molecule has 10 heteroatoms. The topological polar surface area (TPSA) is 123 Å². The lowest BCUT2D eigenvalue weighted by atomic mass is 10.0. The van der Waals surface area contributed by atoms with Crippen LogP contribution in [0.4, 0.5) is 0 Å². The molecule has 1 aliphatic heterocycles. The number of nitrogens with two attached hydrogens (primary N) is 1. The molecule has 0 saturated carbocycles. The highest BCUT2D eigenvalue weighted by Gasteiger charge is 2.28. The molecule has 1 amide bonds. The van der Waals surface area contributed by atoms with Crippen molar-refractivity contribution in [2.45, 2.75) is 24.7 Å². The molecule has 3 rings (SSSR count). The number of amides is 1. The van der Waals surface area contributed by atoms with Crippen molar-refractivity contribution >= 4 is 15.9 Å². The molecule has 0 spiro atoms. The van der Waals surface area contributed by atoms with E-state index in [9.17, 15) is 13.2 Å². The average Bonchev–Trinajstić information content (AvgIpc) is 3.11. The number of sulfonamides is 1. The van der Waals surface area contributed by atoms with Gasteiger partial charge >= 0.3 is 0 Å². The summed E-state index contributed by atoms with van der Waals surface area (Å²) in [6.45, 7) is 3.12. The second-order valence-electron chi connectivity index (χ2n) is 6.10. The molecular weight excluding hydrogens is 344 g/mol. The van der Waals surface area contributed by atoms with Gasteiger partial charge in [0.1, 0.15) is 22.7 Å². The molecule has 25 heavy (non-hydrogen) atoms. The Hall–Kier alpha value is -2.30. The lowest BCUT2D eigenvalue weighted by Crippen LogP contribution is -2.39. The van der Waals surface area contributed by atoms with Gasteiger partial charge in [-0.3, -0.25) is 14.8 Å². The maximum Gasteiger partial charge on any atom is 0.285 e. The van der Waals surface area contributed by atoms with Gasteiger partial charge in [-0.1, -0.05) is 6.92 Å². The molecule has 0 unspecified atom stereocenters. The fourth-order valence-electron chi connectivity index (χ4n) is 2.83. The van der Waals surface area contributed by atoms with Crippen molar-refractivity contribution in [2.75, 3.05) is 13.1 Å². The Kier molecular flexibility index (Phi) is 4.84. The summed E-state index contributed by atoms with van der Waals surface area (Å²) in [5.74, 6) is 5.36. The van der Waals surface area contributed by atoms with E-state index in [-0.39, 0.29) is 10.6 Å². The molecule has 9 nitrogen and oxygen atoms in total. The second-order valence-corrected chi connectivity index (χ2v) is 8.04. The first kappa shape index (κ1) is 17.5. The molecule has 0 aromatic carbocycles. The Morgan fingerprint density at radius 3 is 2.80 bits per heavy atom. The van der Waals surface area contributed by atoms with E-state index in [0.717, 1.165) is 12.8 Å². The highest BCUT2D eigenvalue weighted by molar-refractivity contribution is 7.89. The number of piperidine rings is 1. The highest BCUT2D eigenvalue weighted by Crippen LogP contribution is 2.23. The minimum atomic E-state index is -3.54.